The van der Waals surface area contributed by atoms with Crippen LogP contribution in [0, 0.1) is 18.3 Å². The predicted octanol–water partition coefficient (Wildman–Crippen LogP) is 3.41. The summed E-state index contributed by atoms with van der Waals surface area (Å²) < 4.78 is 12.4. The van der Waals surface area contributed by atoms with Crippen LogP contribution in [0.25, 0.3) is 0 Å². The highest BCUT2D eigenvalue weighted by Gasteiger charge is 2.11. The highest BCUT2D eigenvalue weighted by Crippen LogP contribution is 2.24. The molecule has 0 amide bonds. The summed E-state index contributed by atoms with van der Waals surface area (Å²) in [7, 11) is -1.27. The minimum Gasteiger partial charge on any atom is -0.398 e. The van der Waals surface area contributed by atoms with Crippen LogP contribution in [0.4, 0.5) is 5.69 Å². The van der Waals surface area contributed by atoms with Crippen molar-refractivity contribution in [3.8, 4) is 6.07 Å². The smallest absolute Gasteiger partial charge is 0.0992 e. The summed E-state index contributed by atoms with van der Waals surface area (Å²) in [6.45, 7) is 1.93. The van der Waals surface area contributed by atoms with Crippen molar-refractivity contribution in [1.29, 1.82) is 5.26 Å². The Morgan fingerprint density at radius 2 is 2.05 bits per heavy atom. The molecule has 0 fully saturated rings. The predicted molar refractivity (Wildman–Crippen MR) is 81.9 cm³/mol. The lowest BCUT2D eigenvalue weighted by molar-refractivity contribution is 0.683. The first-order valence-corrected chi connectivity index (χ1v) is 7.64. The number of nitrogen functional groups attached to an aromatic ring is 1. The van der Waals surface area contributed by atoms with Gasteiger partial charge in [-0.2, -0.15) is 5.26 Å². The maximum absolute atomic E-state index is 12.4. The number of hydrogen-bond donors (Lipinski definition) is 1. The molecule has 0 heterocycles. The van der Waals surface area contributed by atoms with E-state index in [4.69, 9.17) is 22.6 Å². The van der Waals surface area contributed by atoms with E-state index in [0.29, 0.717) is 21.2 Å². The van der Waals surface area contributed by atoms with Gasteiger partial charge in [0.1, 0.15) is 0 Å². The molecule has 0 bridgehead atoms. The average Bonchev–Trinajstić information content (AvgIpc) is 2.40. The first-order chi connectivity index (χ1) is 9.51. The highest BCUT2D eigenvalue weighted by molar-refractivity contribution is 7.84. The Morgan fingerprint density at radius 3 is 2.65 bits per heavy atom. The van der Waals surface area contributed by atoms with Crippen LogP contribution in [-0.2, 0) is 16.6 Å². The second kappa shape index (κ2) is 6.08. The SMILES string of the molecule is Cc1ccc(S(=O)Cc2ccc(C#N)cc2Cl)c(N)c1. The summed E-state index contributed by atoms with van der Waals surface area (Å²) in [5.41, 5.74) is 8.66. The topological polar surface area (TPSA) is 66.9 Å². The summed E-state index contributed by atoms with van der Waals surface area (Å²) >= 11 is 6.09. The standard InChI is InChI=1S/C15H13ClN2OS/c1-10-2-5-15(14(18)6-10)20(19)9-12-4-3-11(8-17)7-13(12)16/h2-7H,9,18H2,1H3. The number of halogens is 1. The van der Waals surface area contributed by atoms with Gasteiger partial charge in [0.25, 0.3) is 0 Å². The van der Waals surface area contributed by atoms with E-state index in [-0.39, 0.29) is 5.75 Å². The minimum atomic E-state index is -1.27. The van der Waals surface area contributed by atoms with Gasteiger partial charge in [-0.25, -0.2) is 0 Å². The molecule has 2 aromatic rings. The zero-order chi connectivity index (χ0) is 14.7. The van der Waals surface area contributed by atoms with Crippen molar-refractivity contribution in [1.82, 2.24) is 0 Å². The largest absolute Gasteiger partial charge is 0.398 e. The Balaban J connectivity index is 2.26. The van der Waals surface area contributed by atoms with Crippen LogP contribution in [-0.4, -0.2) is 4.21 Å². The molecule has 0 aliphatic carbocycles. The fraction of sp³-hybridized carbons (Fsp3) is 0.133. The maximum atomic E-state index is 12.4. The van der Waals surface area contributed by atoms with Gasteiger partial charge < -0.3 is 5.73 Å². The van der Waals surface area contributed by atoms with E-state index in [1.54, 1.807) is 30.3 Å². The van der Waals surface area contributed by atoms with Crippen LogP contribution >= 0.6 is 11.6 Å². The Kier molecular flexibility index (Phi) is 4.43. The molecular formula is C15H13ClN2OS. The molecule has 0 aliphatic heterocycles. The van der Waals surface area contributed by atoms with Gasteiger partial charge in [0.05, 0.1) is 33.1 Å². The minimum absolute atomic E-state index is 0.276. The fourth-order valence-electron chi connectivity index (χ4n) is 1.83. The lowest BCUT2D eigenvalue weighted by Crippen LogP contribution is -2.02. The zero-order valence-electron chi connectivity index (χ0n) is 10.9. The number of hydrogen-bond acceptors (Lipinski definition) is 3. The molecular weight excluding hydrogens is 292 g/mol. The Bertz CT molecular complexity index is 722. The first kappa shape index (κ1) is 14.6. The first-order valence-electron chi connectivity index (χ1n) is 5.94. The number of anilines is 1. The van der Waals surface area contributed by atoms with Crippen LogP contribution < -0.4 is 5.73 Å². The third-order valence-corrected chi connectivity index (χ3v) is 4.67. The van der Waals surface area contributed by atoms with Gasteiger partial charge in [-0.3, -0.25) is 4.21 Å². The highest BCUT2D eigenvalue weighted by atomic mass is 35.5. The van der Waals surface area contributed by atoms with Crippen molar-refractivity contribution < 1.29 is 4.21 Å². The normalized spacial score (nSPS) is 11.8. The molecule has 0 aliphatic rings. The number of nitrogens with zero attached hydrogens (tertiary/aromatic N) is 1. The number of nitrogens with two attached hydrogens (primary N) is 1. The molecule has 0 spiro atoms. The van der Waals surface area contributed by atoms with Gasteiger partial charge in [-0.1, -0.05) is 23.7 Å². The molecule has 2 rings (SSSR count). The van der Waals surface area contributed by atoms with Crippen molar-refractivity contribution in [2.45, 2.75) is 17.6 Å². The van der Waals surface area contributed by atoms with Gasteiger partial charge >= 0.3 is 0 Å². The van der Waals surface area contributed by atoms with E-state index in [1.165, 1.54) is 0 Å². The van der Waals surface area contributed by atoms with E-state index in [9.17, 15) is 4.21 Å². The van der Waals surface area contributed by atoms with Gasteiger partial charge in [-0.05, 0) is 42.3 Å². The second-order valence-corrected chi connectivity index (χ2v) is 6.28. The Hall–Kier alpha value is -1.83. The molecule has 20 heavy (non-hydrogen) atoms. The van der Waals surface area contributed by atoms with E-state index in [2.05, 4.69) is 0 Å². The van der Waals surface area contributed by atoms with E-state index < -0.39 is 10.8 Å². The Labute approximate surface area is 125 Å². The summed E-state index contributed by atoms with van der Waals surface area (Å²) in [4.78, 5) is 0.607. The lowest BCUT2D eigenvalue weighted by Gasteiger charge is -2.08. The summed E-state index contributed by atoms with van der Waals surface area (Å²) in [5.74, 6) is 0.276. The van der Waals surface area contributed by atoms with Crippen LogP contribution in [0.15, 0.2) is 41.3 Å². The molecule has 0 saturated heterocycles. The van der Waals surface area contributed by atoms with Crippen LogP contribution in [0.1, 0.15) is 16.7 Å². The summed E-state index contributed by atoms with van der Waals surface area (Å²) in [5, 5.41) is 9.24. The van der Waals surface area contributed by atoms with Gasteiger partial charge in [0.2, 0.25) is 0 Å². The van der Waals surface area contributed by atoms with E-state index in [0.717, 1.165) is 11.1 Å². The van der Waals surface area contributed by atoms with E-state index >= 15 is 0 Å². The molecule has 1 unspecified atom stereocenters. The third kappa shape index (κ3) is 3.19. The van der Waals surface area contributed by atoms with Crippen LogP contribution in [0.3, 0.4) is 0 Å². The monoisotopic (exact) mass is 304 g/mol. The van der Waals surface area contributed by atoms with Crippen molar-refractivity contribution in [2.75, 3.05) is 5.73 Å². The van der Waals surface area contributed by atoms with Gasteiger partial charge in [-0.15, -0.1) is 0 Å². The average molecular weight is 305 g/mol. The number of benzene rings is 2. The molecule has 102 valence electrons. The molecule has 5 heteroatoms. The maximum Gasteiger partial charge on any atom is 0.0992 e. The van der Waals surface area contributed by atoms with Gasteiger partial charge in [0.15, 0.2) is 0 Å². The van der Waals surface area contributed by atoms with Crippen molar-refractivity contribution in [2.24, 2.45) is 0 Å². The van der Waals surface area contributed by atoms with Crippen molar-refractivity contribution in [3.63, 3.8) is 0 Å². The molecule has 1 atom stereocenters. The molecule has 0 radical (unpaired) electrons. The number of aryl methyl sites for hydroxylation is 1. The quantitative estimate of drug-likeness (QED) is 0.884. The summed E-state index contributed by atoms with van der Waals surface area (Å²) in [6, 6.07) is 12.4. The molecule has 0 aromatic heterocycles. The molecule has 2 N–H and O–H groups in total. The Morgan fingerprint density at radius 1 is 1.30 bits per heavy atom. The van der Waals surface area contributed by atoms with Crippen LogP contribution in [0.2, 0.25) is 5.02 Å². The number of rotatable bonds is 3. The fourth-order valence-corrected chi connectivity index (χ4v) is 3.39. The molecule has 0 saturated carbocycles. The second-order valence-electron chi connectivity index (χ2n) is 4.45. The van der Waals surface area contributed by atoms with Crippen molar-refractivity contribution >= 4 is 28.1 Å². The molecule has 2 aromatic carbocycles. The molecule has 3 nitrogen and oxygen atoms in total. The van der Waals surface area contributed by atoms with Crippen molar-refractivity contribution in [3.05, 3.63) is 58.1 Å². The van der Waals surface area contributed by atoms with Crippen LogP contribution in [0.5, 0.6) is 0 Å². The number of nitriles is 1. The third-order valence-electron chi connectivity index (χ3n) is 2.88. The summed E-state index contributed by atoms with van der Waals surface area (Å²) in [6.07, 6.45) is 0. The zero-order valence-corrected chi connectivity index (χ0v) is 12.5. The van der Waals surface area contributed by atoms with Gasteiger partial charge in [0, 0.05) is 10.7 Å². The van der Waals surface area contributed by atoms with E-state index in [1.807, 2.05) is 19.1 Å². The lowest BCUT2D eigenvalue weighted by atomic mass is 10.2.